The highest BCUT2D eigenvalue weighted by Crippen LogP contribution is 2.30. The molecule has 0 spiro atoms. The van der Waals surface area contributed by atoms with E-state index >= 15 is 0 Å². The molecule has 9 nitrogen and oxygen atoms in total. The van der Waals surface area contributed by atoms with Crippen molar-refractivity contribution in [2.24, 2.45) is 0 Å². The molecule has 0 aliphatic rings. The molecule has 1 heterocycles. The Morgan fingerprint density at radius 2 is 1.69 bits per heavy atom. The lowest BCUT2D eigenvalue weighted by Crippen LogP contribution is -2.13. The van der Waals surface area contributed by atoms with Gasteiger partial charge in [-0.05, 0) is 59.7 Å². The lowest BCUT2D eigenvalue weighted by molar-refractivity contribution is -0.384. The monoisotopic (exact) mass is 467 g/mol. The van der Waals surface area contributed by atoms with E-state index in [-0.39, 0.29) is 28.7 Å². The van der Waals surface area contributed by atoms with E-state index < -0.39 is 10.8 Å². The van der Waals surface area contributed by atoms with Crippen molar-refractivity contribution in [2.45, 2.75) is 13.0 Å². The van der Waals surface area contributed by atoms with Gasteiger partial charge in [-0.1, -0.05) is 36.4 Å². The van der Waals surface area contributed by atoms with E-state index in [1.54, 1.807) is 18.2 Å². The normalized spacial score (nSPS) is 11.9. The smallest absolute Gasteiger partial charge is 0.323 e. The second kappa shape index (κ2) is 8.79. The summed E-state index contributed by atoms with van der Waals surface area (Å²) in [7, 11) is 0. The third-order valence-corrected chi connectivity index (χ3v) is 5.88. The molecule has 174 valence electrons. The lowest BCUT2D eigenvalue weighted by Gasteiger charge is -2.16. The molecular formula is C26H21N5O4. The van der Waals surface area contributed by atoms with Gasteiger partial charge in [0.15, 0.2) is 0 Å². The predicted octanol–water partition coefficient (Wildman–Crippen LogP) is 5.34. The number of fused-ring (bicyclic) bond motifs is 2. The number of nitrogens with one attached hydrogen (secondary N) is 4. The van der Waals surface area contributed by atoms with Gasteiger partial charge in [-0.3, -0.25) is 14.9 Å². The van der Waals surface area contributed by atoms with Crippen molar-refractivity contribution in [3.05, 3.63) is 111 Å². The molecule has 0 aliphatic carbocycles. The average Bonchev–Trinajstić information content (AvgIpc) is 3.23. The van der Waals surface area contributed by atoms with Crippen LogP contribution in [0.1, 0.15) is 28.9 Å². The fraction of sp³-hybridized carbons (Fsp3) is 0.0769. The summed E-state index contributed by atoms with van der Waals surface area (Å²) in [4.78, 5) is 41.0. The minimum absolute atomic E-state index is 0.175. The van der Waals surface area contributed by atoms with Crippen LogP contribution in [0.15, 0.2) is 83.7 Å². The van der Waals surface area contributed by atoms with E-state index in [9.17, 15) is 19.7 Å². The number of carbonyl (C=O) groups is 1. The van der Waals surface area contributed by atoms with Crippen LogP contribution in [0.2, 0.25) is 0 Å². The summed E-state index contributed by atoms with van der Waals surface area (Å²) in [6.07, 6.45) is 0. The van der Waals surface area contributed by atoms with Crippen molar-refractivity contribution in [3.8, 4) is 0 Å². The third-order valence-electron chi connectivity index (χ3n) is 5.88. The fourth-order valence-electron chi connectivity index (χ4n) is 4.05. The highest BCUT2D eigenvalue weighted by molar-refractivity contribution is 6.06. The van der Waals surface area contributed by atoms with Crippen molar-refractivity contribution >= 4 is 44.8 Å². The zero-order valence-electron chi connectivity index (χ0n) is 18.7. The first-order valence-electron chi connectivity index (χ1n) is 10.9. The van der Waals surface area contributed by atoms with Gasteiger partial charge in [0.2, 0.25) is 0 Å². The lowest BCUT2D eigenvalue weighted by atomic mass is 10.1. The molecule has 1 atom stereocenters. The van der Waals surface area contributed by atoms with Gasteiger partial charge >= 0.3 is 5.69 Å². The molecular weight excluding hydrogens is 446 g/mol. The Hall–Kier alpha value is -4.92. The highest BCUT2D eigenvalue weighted by Gasteiger charge is 2.20. The number of nitro groups is 1. The zero-order valence-corrected chi connectivity index (χ0v) is 18.7. The molecule has 0 radical (unpaired) electrons. The summed E-state index contributed by atoms with van der Waals surface area (Å²) in [6, 6.07) is 22.8. The topological polar surface area (TPSA) is 133 Å². The first-order valence-corrected chi connectivity index (χ1v) is 10.9. The maximum absolute atomic E-state index is 12.8. The molecule has 4 aromatic carbocycles. The van der Waals surface area contributed by atoms with E-state index in [2.05, 4.69) is 20.6 Å². The molecule has 5 aromatic rings. The average molecular weight is 467 g/mol. The molecule has 0 unspecified atom stereocenters. The predicted molar refractivity (Wildman–Crippen MR) is 136 cm³/mol. The summed E-state index contributed by atoms with van der Waals surface area (Å²) in [5.74, 6) is -0.440. The minimum atomic E-state index is -0.519. The van der Waals surface area contributed by atoms with Crippen LogP contribution >= 0.6 is 0 Å². The van der Waals surface area contributed by atoms with Gasteiger partial charge in [-0.15, -0.1) is 0 Å². The van der Waals surface area contributed by atoms with Gasteiger partial charge in [0.1, 0.15) is 5.69 Å². The number of nitrogens with zero attached hydrogens (tertiary/aromatic N) is 1. The molecule has 1 amide bonds. The SMILES string of the molecule is C[C@@H](Nc1ccc(C(=O)Nc2ccc3ccccc3c2)cc1[N+](=O)[O-])c1ccc2[nH]c(=O)[nH]c2c1. The minimum Gasteiger partial charge on any atom is -0.373 e. The maximum Gasteiger partial charge on any atom is 0.323 e. The van der Waals surface area contributed by atoms with Gasteiger partial charge in [0, 0.05) is 23.4 Å². The molecule has 35 heavy (non-hydrogen) atoms. The molecule has 0 bridgehead atoms. The second-order valence-electron chi connectivity index (χ2n) is 8.26. The van der Waals surface area contributed by atoms with E-state index in [0.717, 1.165) is 16.3 Å². The number of carbonyl (C=O) groups excluding carboxylic acids is 1. The van der Waals surface area contributed by atoms with E-state index in [0.29, 0.717) is 16.7 Å². The summed E-state index contributed by atoms with van der Waals surface area (Å²) >= 11 is 0. The number of benzene rings is 4. The van der Waals surface area contributed by atoms with Crippen molar-refractivity contribution in [1.29, 1.82) is 0 Å². The largest absolute Gasteiger partial charge is 0.373 e. The fourth-order valence-corrected chi connectivity index (χ4v) is 4.05. The molecule has 0 saturated carbocycles. The zero-order chi connectivity index (χ0) is 24.5. The number of imidazole rings is 1. The summed E-state index contributed by atoms with van der Waals surface area (Å²) in [6.45, 7) is 1.86. The first-order chi connectivity index (χ1) is 16.9. The first kappa shape index (κ1) is 21.9. The van der Waals surface area contributed by atoms with Crippen molar-refractivity contribution < 1.29 is 9.72 Å². The number of nitro benzene ring substituents is 1. The molecule has 0 aliphatic heterocycles. The number of hydrogen-bond acceptors (Lipinski definition) is 5. The van der Waals surface area contributed by atoms with Crippen LogP contribution in [0.4, 0.5) is 17.1 Å². The number of rotatable bonds is 6. The van der Waals surface area contributed by atoms with Crippen LogP contribution in [0.5, 0.6) is 0 Å². The Labute approximate surface area is 199 Å². The van der Waals surface area contributed by atoms with Crippen LogP contribution in [0.25, 0.3) is 21.8 Å². The molecule has 0 saturated heterocycles. The van der Waals surface area contributed by atoms with Crippen molar-refractivity contribution in [3.63, 3.8) is 0 Å². The molecule has 5 rings (SSSR count). The number of amides is 1. The number of hydrogen-bond donors (Lipinski definition) is 4. The molecule has 4 N–H and O–H groups in total. The van der Waals surface area contributed by atoms with Crippen molar-refractivity contribution in [1.82, 2.24) is 9.97 Å². The maximum atomic E-state index is 12.8. The number of aromatic amines is 2. The summed E-state index contributed by atoms with van der Waals surface area (Å²) in [5, 5.41) is 19.8. The highest BCUT2D eigenvalue weighted by atomic mass is 16.6. The van der Waals surface area contributed by atoms with Crippen LogP contribution in [-0.4, -0.2) is 20.8 Å². The van der Waals surface area contributed by atoms with Crippen LogP contribution < -0.4 is 16.3 Å². The van der Waals surface area contributed by atoms with Crippen LogP contribution in [0.3, 0.4) is 0 Å². The van der Waals surface area contributed by atoms with Gasteiger partial charge in [-0.25, -0.2) is 4.79 Å². The van der Waals surface area contributed by atoms with Crippen molar-refractivity contribution in [2.75, 3.05) is 10.6 Å². The third kappa shape index (κ3) is 4.47. The summed E-state index contributed by atoms with van der Waals surface area (Å²) < 4.78 is 0. The molecule has 0 fully saturated rings. The Kier molecular flexibility index (Phi) is 5.50. The Morgan fingerprint density at radius 3 is 2.49 bits per heavy atom. The van der Waals surface area contributed by atoms with Gasteiger partial charge in [0.25, 0.3) is 11.6 Å². The van der Waals surface area contributed by atoms with Gasteiger partial charge < -0.3 is 20.6 Å². The standard InChI is InChI=1S/C26H21N5O4/c1-15(17-7-10-21-23(13-17)30-26(33)29-21)27-22-11-8-19(14-24(22)31(34)35)25(32)28-20-9-6-16-4-2-3-5-18(16)12-20/h2-15,27H,1H3,(H,28,32)(H2,29,30,33)/t15-/m1/s1. The number of H-pyrrole nitrogens is 2. The quantitative estimate of drug-likeness (QED) is 0.198. The van der Waals surface area contributed by atoms with E-state index in [1.165, 1.54) is 12.1 Å². The van der Waals surface area contributed by atoms with Crippen LogP contribution in [0, 0.1) is 10.1 Å². The second-order valence-corrected chi connectivity index (χ2v) is 8.26. The summed E-state index contributed by atoms with van der Waals surface area (Å²) in [5.41, 5.74) is 2.72. The van der Waals surface area contributed by atoms with Crippen LogP contribution in [-0.2, 0) is 0 Å². The van der Waals surface area contributed by atoms with E-state index in [1.807, 2.05) is 55.5 Å². The molecule has 1 aromatic heterocycles. The Morgan fingerprint density at radius 1 is 0.914 bits per heavy atom. The number of aromatic nitrogens is 2. The number of anilines is 2. The van der Waals surface area contributed by atoms with Gasteiger partial charge in [0.05, 0.1) is 16.0 Å². The Balaban J connectivity index is 1.37. The van der Waals surface area contributed by atoms with Gasteiger partial charge in [-0.2, -0.15) is 0 Å². The Bertz CT molecular complexity index is 1650. The van der Waals surface area contributed by atoms with E-state index in [4.69, 9.17) is 0 Å². The molecule has 9 heteroatoms.